The zero-order chi connectivity index (χ0) is 14.9. The Kier molecular flexibility index (Phi) is 4.76. The first-order valence-electron chi connectivity index (χ1n) is 5.41. The Hall–Kier alpha value is -1.000. The molecule has 0 spiro atoms. The van der Waals surface area contributed by atoms with Gasteiger partial charge in [-0.05, 0) is 24.3 Å². The van der Waals surface area contributed by atoms with E-state index in [0.717, 1.165) is 0 Å². The normalized spacial score (nSPS) is 10.6. The van der Waals surface area contributed by atoms with Crippen LogP contribution >= 0.6 is 46.4 Å². The Morgan fingerprint density at radius 3 is 2.25 bits per heavy atom. The van der Waals surface area contributed by atoms with Crippen LogP contribution in [-0.2, 0) is 11.2 Å². The molecule has 0 fully saturated rings. The van der Waals surface area contributed by atoms with Crippen LogP contribution in [0.3, 0.4) is 0 Å². The molecular formula is C13H7Cl4NO2. The third-order valence-corrected chi connectivity index (χ3v) is 4.00. The second-order valence-electron chi connectivity index (χ2n) is 3.91. The Labute approximate surface area is 135 Å². The maximum absolute atomic E-state index is 10.8. The number of aliphatic carboxylic acids is 1. The van der Waals surface area contributed by atoms with Crippen LogP contribution in [0.4, 0.5) is 0 Å². The Morgan fingerprint density at radius 1 is 1.00 bits per heavy atom. The van der Waals surface area contributed by atoms with Gasteiger partial charge in [0.1, 0.15) is 0 Å². The van der Waals surface area contributed by atoms with Gasteiger partial charge in [0.25, 0.3) is 0 Å². The number of hydrogen-bond acceptors (Lipinski definition) is 2. The molecule has 0 saturated heterocycles. The van der Waals surface area contributed by atoms with Crippen molar-refractivity contribution in [3.63, 3.8) is 0 Å². The summed E-state index contributed by atoms with van der Waals surface area (Å²) < 4.78 is 0. The van der Waals surface area contributed by atoms with Crippen LogP contribution in [-0.4, -0.2) is 16.1 Å². The molecule has 104 valence electrons. The van der Waals surface area contributed by atoms with E-state index >= 15 is 0 Å². The summed E-state index contributed by atoms with van der Waals surface area (Å²) in [6.45, 7) is 0. The Balaban J connectivity index is 2.59. The third kappa shape index (κ3) is 3.18. The molecule has 1 aromatic heterocycles. The average molecular weight is 351 g/mol. The number of carboxylic acid groups (broad SMARTS) is 1. The Morgan fingerprint density at radius 2 is 1.60 bits per heavy atom. The molecule has 0 unspecified atom stereocenters. The van der Waals surface area contributed by atoms with Crippen LogP contribution in [0.25, 0.3) is 11.3 Å². The summed E-state index contributed by atoms with van der Waals surface area (Å²) in [4.78, 5) is 15.0. The first-order valence-corrected chi connectivity index (χ1v) is 6.92. The van der Waals surface area contributed by atoms with Gasteiger partial charge >= 0.3 is 5.97 Å². The monoisotopic (exact) mass is 349 g/mol. The van der Waals surface area contributed by atoms with Crippen molar-refractivity contribution in [1.29, 1.82) is 0 Å². The molecule has 1 aromatic carbocycles. The van der Waals surface area contributed by atoms with Crippen molar-refractivity contribution in [2.24, 2.45) is 0 Å². The van der Waals surface area contributed by atoms with E-state index in [4.69, 9.17) is 51.5 Å². The summed E-state index contributed by atoms with van der Waals surface area (Å²) in [6, 6.07) is 6.33. The second kappa shape index (κ2) is 6.19. The summed E-state index contributed by atoms with van der Waals surface area (Å²) in [6.07, 6.45) is -0.289. The summed E-state index contributed by atoms with van der Waals surface area (Å²) >= 11 is 24.1. The molecule has 2 rings (SSSR count). The van der Waals surface area contributed by atoms with Gasteiger partial charge in [0.2, 0.25) is 0 Å². The molecule has 0 aliphatic heterocycles. The van der Waals surface area contributed by atoms with Gasteiger partial charge in [-0.15, -0.1) is 0 Å². The first-order chi connectivity index (χ1) is 9.40. The van der Waals surface area contributed by atoms with Gasteiger partial charge in [-0.25, -0.2) is 0 Å². The van der Waals surface area contributed by atoms with Crippen LogP contribution in [0.5, 0.6) is 0 Å². The molecule has 2 aromatic rings. The standard InChI is InChI=1S/C13H7Cl4NO2/c14-6-3-4-9(18-10(6)5-11(19)20)12-7(15)1-2-8(16)13(12)17/h1-4H,5H2,(H,19,20). The molecule has 0 saturated carbocycles. The summed E-state index contributed by atoms with van der Waals surface area (Å²) in [5.74, 6) is -1.03. The average Bonchev–Trinajstić information content (AvgIpc) is 2.37. The largest absolute Gasteiger partial charge is 0.481 e. The van der Waals surface area contributed by atoms with E-state index in [2.05, 4.69) is 4.98 Å². The van der Waals surface area contributed by atoms with Crippen molar-refractivity contribution in [3.8, 4) is 11.3 Å². The van der Waals surface area contributed by atoms with Gasteiger partial charge in [0.05, 0.1) is 37.9 Å². The number of benzene rings is 1. The fourth-order valence-corrected chi connectivity index (χ4v) is 2.55. The van der Waals surface area contributed by atoms with Gasteiger partial charge in [-0.2, -0.15) is 0 Å². The van der Waals surface area contributed by atoms with Crippen molar-refractivity contribution in [2.45, 2.75) is 6.42 Å². The zero-order valence-corrected chi connectivity index (χ0v) is 12.9. The van der Waals surface area contributed by atoms with Crippen LogP contribution in [0.15, 0.2) is 24.3 Å². The summed E-state index contributed by atoms with van der Waals surface area (Å²) in [5, 5.41) is 10.1. The van der Waals surface area contributed by atoms with Crippen LogP contribution in [0.2, 0.25) is 20.1 Å². The number of halogens is 4. The lowest BCUT2D eigenvalue weighted by molar-refractivity contribution is -0.136. The Bertz CT molecular complexity index is 688. The predicted octanol–water partition coefficient (Wildman–Crippen LogP) is 4.99. The molecule has 0 radical (unpaired) electrons. The fourth-order valence-electron chi connectivity index (χ4n) is 1.65. The molecule has 0 aliphatic carbocycles. The topological polar surface area (TPSA) is 50.2 Å². The minimum absolute atomic E-state index is 0.240. The maximum atomic E-state index is 10.8. The number of nitrogens with zero attached hydrogens (tertiary/aromatic N) is 1. The maximum Gasteiger partial charge on any atom is 0.309 e. The van der Waals surface area contributed by atoms with E-state index in [1.807, 2.05) is 0 Å². The lowest BCUT2D eigenvalue weighted by Crippen LogP contribution is -2.04. The van der Waals surface area contributed by atoms with Crippen molar-refractivity contribution in [2.75, 3.05) is 0 Å². The van der Waals surface area contributed by atoms with Gasteiger partial charge in [0.15, 0.2) is 0 Å². The summed E-state index contributed by atoms with van der Waals surface area (Å²) in [5.41, 5.74) is 1.11. The van der Waals surface area contributed by atoms with E-state index in [9.17, 15) is 4.79 Å². The first kappa shape index (κ1) is 15.4. The number of aromatic nitrogens is 1. The molecule has 0 amide bonds. The molecule has 0 atom stereocenters. The number of pyridine rings is 1. The molecule has 0 aliphatic rings. The van der Waals surface area contributed by atoms with Crippen molar-refractivity contribution in [1.82, 2.24) is 4.98 Å². The van der Waals surface area contributed by atoms with E-state index in [0.29, 0.717) is 21.3 Å². The van der Waals surface area contributed by atoms with Gasteiger partial charge in [-0.3, -0.25) is 9.78 Å². The second-order valence-corrected chi connectivity index (χ2v) is 5.51. The molecule has 1 N–H and O–H groups in total. The van der Waals surface area contributed by atoms with Gasteiger partial charge < -0.3 is 5.11 Å². The fraction of sp³-hybridized carbons (Fsp3) is 0.0769. The van der Waals surface area contributed by atoms with Crippen molar-refractivity contribution in [3.05, 3.63) is 50.0 Å². The number of carboxylic acids is 1. The van der Waals surface area contributed by atoms with Crippen LogP contribution < -0.4 is 0 Å². The molecule has 1 heterocycles. The predicted molar refractivity (Wildman–Crippen MR) is 81.1 cm³/mol. The highest BCUT2D eigenvalue weighted by Gasteiger charge is 2.15. The minimum atomic E-state index is -1.03. The molecule has 3 nitrogen and oxygen atoms in total. The molecular weight excluding hydrogens is 344 g/mol. The number of hydrogen-bond donors (Lipinski definition) is 1. The third-order valence-electron chi connectivity index (χ3n) is 2.54. The lowest BCUT2D eigenvalue weighted by Gasteiger charge is -2.10. The highest BCUT2D eigenvalue weighted by molar-refractivity contribution is 6.46. The minimum Gasteiger partial charge on any atom is -0.481 e. The lowest BCUT2D eigenvalue weighted by atomic mass is 10.1. The highest BCUT2D eigenvalue weighted by Crippen LogP contribution is 2.38. The van der Waals surface area contributed by atoms with E-state index in [-0.39, 0.29) is 22.2 Å². The number of carbonyl (C=O) groups is 1. The highest BCUT2D eigenvalue weighted by atomic mass is 35.5. The van der Waals surface area contributed by atoms with Crippen LogP contribution in [0, 0.1) is 0 Å². The van der Waals surface area contributed by atoms with Crippen molar-refractivity contribution >= 4 is 52.4 Å². The quantitative estimate of drug-likeness (QED) is 0.793. The molecule has 20 heavy (non-hydrogen) atoms. The van der Waals surface area contributed by atoms with Gasteiger partial charge in [0, 0.05) is 5.56 Å². The smallest absolute Gasteiger partial charge is 0.309 e. The van der Waals surface area contributed by atoms with E-state index in [1.54, 1.807) is 24.3 Å². The van der Waals surface area contributed by atoms with E-state index < -0.39 is 5.97 Å². The van der Waals surface area contributed by atoms with Crippen molar-refractivity contribution < 1.29 is 9.90 Å². The van der Waals surface area contributed by atoms with Gasteiger partial charge in [-0.1, -0.05) is 46.4 Å². The van der Waals surface area contributed by atoms with E-state index in [1.165, 1.54) is 0 Å². The summed E-state index contributed by atoms with van der Waals surface area (Å²) in [7, 11) is 0. The SMILES string of the molecule is O=C(O)Cc1nc(-c2c(Cl)ccc(Cl)c2Cl)ccc1Cl. The zero-order valence-electron chi connectivity index (χ0n) is 9.83. The molecule has 0 bridgehead atoms. The molecule has 7 heteroatoms. The van der Waals surface area contributed by atoms with Crippen LogP contribution in [0.1, 0.15) is 5.69 Å². The number of rotatable bonds is 3.